The zero-order chi connectivity index (χ0) is 20.6. The molecule has 1 aliphatic rings. The van der Waals surface area contributed by atoms with E-state index in [9.17, 15) is 20.0 Å². The Bertz CT molecular complexity index is 860. The number of carboxylic acid groups (broad SMARTS) is 1. The van der Waals surface area contributed by atoms with Crippen molar-refractivity contribution in [1.29, 1.82) is 0 Å². The summed E-state index contributed by atoms with van der Waals surface area (Å²) < 4.78 is 0. The summed E-state index contributed by atoms with van der Waals surface area (Å²) in [7, 11) is 0. The normalized spacial score (nSPS) is 19.7. The summed E-state index contributed by atoms with van der Waals surface area (Å²) in [5.41, 5.74) is 4.06. The number of nitro benzene ring substituents is 1. The van der Waals surface area contributed by atoms with Gasteiger partial charge in [-0.1, -0.05) is 30.3 Å². The van der Waals surface area contributed by atoms with Crippen LogP contribution in [0.15, 0.2) is 59.5 Å². The fraction of sp³-hybridized carbons (Fsp3) is 0.300. The predicted octanol–water partition coefficient (Wildman–Crippen LogP) is 3.45. The van der Waals surface area contributed by atoms with Crippen LogP contribution >= 0.6 is 11.4 Å². The van der Waals surface area contributed by atoms with Crippen LogP contribution in [0.25, 0.3) is 0 Å². The van der Waals surface area contributed by atoms with Crippen LogP contribution in [-0.4, -0.2) is 45.0 Å². The summed E-state index contributed by atoms with van der Waals surface area (Å²) in [5, 5.41) is 22.2. The molecule has 2 aromatic rings. The lowest BCUT2D eigenvalue weighted by molar-refractivity contribution is -0.384. The third kappa shape index (κ3) is 6.11. The van der Waals surface area contributed by atoms with Crippen LogP contribution < -0.4 is 5.48 Å². The molecule has 29 heavy (non-hydrogen) atoms. The second kappa shape index (κ2) is 10.1. The van der Waals surface area contributed by atoms with Crippen molar-refractivity contribution in [1.82, 2.24) is 10.4 Å². The van der Waals surface area contributed by atoms with E-state index in [0.29, 0.717) is 19.6 Å². The molecule has 0 unspecified atom stereocenters. The van der Waals surface area contributed by atoms with Gasteiger partial charge in [-0.05, 0) is 40.8 Å². The molecule has 2 aromatic carbocycles. The number of non-ortho nitro benzene ring substituents is 1. The number of amides is 1. The van der Waals surface area contributed by atoms with Gasteiger partial charge in [-0.3, -0.25) is 19.9 Å². The smallest absolute Gasteiger partial charge is 0.407 e. The van der Waals surface area contributed by atoms with E-state index in [1.54, 1.807) is 12.1 Å². The van der Waals surface area contributed by atoms with Gasteiger partial charge in [-0.15, -0.1) is 0 Å². The zero-order valence-electron chi connectivity index (χ0n) is 15.7. The van der Waals surface area contributed by atoms with E-state index in [0.717, 1.165) is 28.2 Å². The first-order valence-electron chi connectivity index (χ1n) is 9.22. The topological polar surface area (TPSA) is 105 Å². The minimum Gasteiger partial charge on any atom is -0.465 e. The molecule has 0 bridgehead atoms. The van der Waals surface area contributed by atoms with Crippen molar-refractivity contribution in [3.05, 3.63) is 70.3 Å². The highest BCUT2D eigenvalue weighted by Crippen LogP contribution is 2.21. The average Bonchev–Trinajstić information content (AvgIpc) is 2.73. The second-order valence-electron chi connectivity index (χ2n) is 6.72. The molecule has 1 saturated heterocycles. The van der Waals surface area contributed by atoms with Crippen molar-refractivity contribution in [3.63, 3.8) is 0 Å². The Hall–Kier alpha value is -2.75. The van der Waals surface area contributed by atoms with Crippen molar-refractivity contribution >= 4 is 28.5 Å². The molecule has 154 valence electrons. The number of piperidine rings is 1. The van der Waals surface area contributed by atoms with Crippen LogP contribution in [0.4, 0.5) is 10.5 Å². The van der Waals surface area contributed by atoms with E-state index in [1.165, 1.54) is 17.0 Å². The van der Waals surface area contributed by atoms with Gasteiger partial charge >= 0.3 is 6.09 Å². The highest BCUT2D eigenvalue weighted by molar-refractivity contribution is 7.97. The van der Waals surface area contributed by atoms with Gasteiger partial charge in [0.25, 0.3) is 5.69 Å². The lowest BCUT2D eigenvalue weighted by atomic mass is 10.0. The molecule has 1 aliphatic heterocycles. The molecular formula is C20H23N3O5S. The molecule has 1 amide bonds. The van der Waals surface area contributed by atoms with E-state index < -0.39 is 11.0 Å². The number of hydroxylamine groups is 1. The van der Waals surface area contributed by atoms with Crippen molar-refractivity contribution < 1.29 is 19.7 Å². The molecule has 0 aromatic heterocycles. The Balaban J connectivity index is 1.54. The fourth-order valence-corrected chi connectivity index (χ4v) is 4.09. The average molecular weight is 417 g/mol. The number of nitro groups is 1. The number of carbonyl (C=O) groups is 1. The molecule has 0 aliphatic carbocycles. The van der Waals surface area contributed by atoms with Crippen LogP contribution in [0.5, 0.6) is 0 Å². The van der Waals surface area contributed by atoms with Gasteiger partial charge in [0.1, 0.15) is 0 Å². The SMILES string of the molecule is O=C(O)N1C[C@H](NOCc2ccccc2)CC[C@H]1C=[SH]c1ccc([N+](=O)[O-])cc1. The molecule has 9 heteroatoms. The second-order valence-corrected chi connectivity index (χ2v) is 7.79. The largest absolute Gasteiger partial charge is 0.465 e. The van der Waals surface area contributed by atoms with Gasteiger partial charge in [0.05, 0.1) is 23.6 Å². The first kappa shape index (κ1) is 21.0. The molecule has 2 N–H and O–H groups in total. The third-order valence-corrected chi connectivity index (χ3v) is 5.75. The zero-order valence-corrected chi connectivity index (χ0v) is 16.6. The fourth-order valence-electron chi connectivity index (χ4n) is 3.11. The number of thiol groups is 1. The Morgan fingerprint density at radius 2 is 1.97 bits per heavy atom. The van der Waals surface area contributed by atoms with Crippen LogP contribution in [-0.2, 0) is 11.4 Å². The van der Waals surface area contributed by atoms with E-state index in [4.69, 9.17) is 4.84 Å². The van der Waals surface area contributed by atoms with Gasteiger partial charge in [-0.2, -0.15) is 16.8 Å². The number of benzene rings is 2. The molecule has 0 spiro atoms. The molecule has 1 heterocycles. The maximum Gasteiger partial charge on any atom is 0.407 e. The Kier molecular flexibility index (Phi) is 7.34. The van der Waals surface area contributed by atoms with Crippen LogP contribution in [0.1, 0.15) is 18.4 Å². The summed E-state index contributed by atoms with van der Waals surface area (Å²) in [6.45, 7) is 0.750. The Morgan fingerprint density at radius 1 is 1.24 bits per heavy atom. The summed E-state index contributed by atoms with van der Waals surface area (Å²) in [5.74, 6) is 0. The van der Waals surface area contributed by atoms with E-state index in [1.807, 2.05) is 35.7 Å². The Labute approximate surface area is 172 Å². The molecule has 8 nitrogen and oxygen atoms in total. The van der Waals surface area contributed by atoms with E-state index >= 15 is 0 Å². The number of likely N-dealkylation sites (tertiary alicyclic amines) is 1. The lowest BCUT2D eigenvalue weighted by Gasteiger charge is -2.36. The van der Waals surface area contributed by atoms with Gasteiger partial charge in [0, 0.05) is 18.7 Å². The third-order valence-electron chi connectivity index (χ3n) is 4.66. The molecule has 2 atom stereocenters. The van der Waals surface area contributed by atoms with Gasteiger partial charge in [-0.25, -0.2) is 4.79 Å². The molecule has 0 radical (unpaired) electrons. The molecule has 1 fully saturated rings. The number of hydrogen-bond donors (Lipinski definition) is 3. The maximum atomic E-state index is 11.7. The summed E-state index contributed by atoms with van der Waals surface area (Å²) >= 11 is 0.827. The van der Waals surface area contributed by atoms with Crippen LogP contribution in [0.3, 0.4) is 0 Å². The van der Waals surface area contributed by atoms with Crippen molar-refractivity contribution in [2.75, 3.05) is 6.54 Å². The first-order chi connectivity index (χ1) is 14.0. The maximum absolute atomic E-state index is 11.7. The number of nitrogens with one attached hydrogen (secondary N) is 1. The highest BCUT2D eigenvalue weighted by Gasteiger charge is 2.30. The quantitative estimate of drug-likeness (QED) is 0.276. The minimum atomic E-state index is -0.972. The molecule has 3 rings (SSSR count). The first-order valence-corrected chi connectivity index (χ1v) is 10.2. The number of rotatable bonds is 7. The minimum absolute atomic E-state index is 0.0400. The summed E-state index contributed by atoms with van der Waals surface area (Å²) in [4.78, 5) is 29.8. The van der Waals surface area contributed by atoms with Crippen LogP contribution in [0, 0.1) is 10.1 Å². The van der Waals surface area contributed by atoms with Crippen molar-refractivity contribution in [2.45, 2.75) is 36.4 Å². The van der Waals surface area contributed by atoms with Gasteiger partial charge in [0.2, 0.25) is 0 Å². The van der Waals surface area contributed by atoms with Crippen molar-refractivity contribution in [3.8, 4) is 0 Å². The van der Waals surface area contributed by atoms with Crippen molar-refractivity contribution in [2.24, 2.45) is 0 Å². The van der Waals surface area contributed by atoms with Gasteiger partial charge < -0.3 is 5.11 Å². The van der Waals surface area contributed by atoms with E-state index in [2.05, 4.69) is 5.48 Å². The van der Waals surface area contributed by atoms with E-state index in [-0.39, 0.29) is 17.8 Å². The highest BCUT2D eigenvalue weighted by atomic mass is 32.1. The lowest BCUT2D eigenvalue weighted by Crippen LogP contribution is -2.52. The summed E-state index contributed by atoms with van der Waals surface area (Å²) in [6.07, 6.45) is 0.494. The standard InChI is InChI=1S/C20H23N3O5S/c24-20(25)22-12-16(21-28-13-15-4-2-1-3-5-15)6-7-18(22)14-29-19-10-8-17(9-11-19)23(26)27/h1-5,8-11,14,16,18,21,29H,6-7,12-13H2,(H,24,25)/t16-,18+/m1/s1. The molecule has 0 saturated carbocycles. The van der Waals surface area contributed by atoms with Crippen LogP contribution in [0.2, 0.25) is 0 Å². The summed E-state index contributed by atoms with van der Waals surface area (Å²) in [6, 6.07) is 15.8. The van der Waals surface area contributed by atoms with Gasteiger partial charge in [0.15, 0.2) is 0 Å². The predicted molar refractivity (Wildman–Crippen MR) is 112 cm³/mol. The number of nitrogens with zero attached hydrogens (tertiary/aromatic N) is 2. The Morgan fingerprint density at radius 3 is 2.62 bits per heavy atom. The monoisotopic (exact) mass is 417 g/mol. The molecular weight excluding hydrogens is 394 g/mol. The number of hydrogen-bond acceptors (Lipinski definition) is 5.